The molecule has 0 aliphatic carbocycles. The molecule has 2 rings (SSSR count). The molecule has 1 aliphatic rings. The van der Waals surface area contributed by atoms with Gasteiger partial charge in [0, 0.05) is 12.2 Å². The summed E-state index contributed by atoms with van der Waals surface area (Å²) in [6, 6.07) is 10.4. The first-order valence-electron chi connectivity index (χ1n) is 5.53. The van der Waals surface area contributed by atoms with Gasteiger partial charge >= 0.3 is 0 Å². The van der Waals surface area contributed by atoms with Gasteiger partial charge in [-0.2, -0.15) is 0 Å². The lowest BCUT2D eigenvalue weighted by Gasteiger charge is -2.14. The fourth-order valence-electron chi connectivity index (χ4n) is 1.39. The molecule has 0 saturated heterocycles. The Hall–Kier alpha value is -1.50. The lowest BCUT2D eigenvalue weighted by Crippen LogP contribution is -2.17. The third-order valence-electron chi connectivity index (χ3n) is 2.18. The normalized spacial score (nSPS) is 14.1. The van der Waals surface area contributed by atoms with Crippen molar-refractivity contribution in [3.63, 3.8) is 0 Å². The maximum absolute atomic E-state index is 3.38. The van der Waals surface area contributed by atoms with E-state index in [9.17, 15) is 0 Å². The van der Waals surface area contributed by atoms with Crippen molar-refractivity contribution in [2.24, 2.45) is 0 Å². The quantitative estimate of drug-likeness (QED) is 0.732. The van der Waals surface area contributed by atoms with Gasteiger partial charge in [-0.3, -0.25) is 0 Å². The van der Waals surface area contributed by atoms with E-state index < -0.39 is 0 Å². The summed E-state index contributed by atoms with van der Waals surface area (Å²) in [6.07, 6.45) is 4.30. The molecule has 1 aromatic carbocycles. The van der Waals surface area contributed by atoms with Crippen LogP contribution in [0.3, 0.4) is 0 Å². The van der Waals surface area contributed by atoms with Crippen molar-refractivity contribution in [1.29, 1.82) is 0 Å². The summed E-state index contributed by atoms with van der Waals surface area (Å²) in [5.74, 6) is 0. The standard InChI is InChI=1S/C12H13N.C2H6/c1-10-7-8-12(13-9-10)11-5-3-2-4-6-11;1-2/h2-8,13H,9H2,1H3;1-2H3. The molecule has 0 fully saturated rings. The molecule has 1 heterocycles. The summed E-state index contributed by atoms with van der Waals surface area (Å²) >= 11 is 0. The first-order valence-corrected chi connectivity index (χ1v) is 5.53. The van der Waals surface area contributed by atoms with Crippen molar-refractivity contribution in [2.75, 3.05) is 6.54 Å². The molecule has 0 aromatic heterocycles. The third-order valence-corrected chi connectivity index (χ3v) is 2.18. The zero-order valence-electron chi connectivity index (χ0n) is 9.75. The van der Waals surface area contributed by atoms with E-state index in [4.69, 9.17) is 0 Å². The van der Waals surface area contributed by atoms with Crippen molar-refractivity contribution < 1.29 is 0 Å². The third kappa shape index (κ3) is 3.28. The minimum absolute atomic E-state index is 0.959. The molecule has 1 aliphatic heterocycles. The Bertz CT molecular complexity index is 347. The van der Waals surface area contributed by atoms with Gasteiger partial charge in [0.25, 0.3) is 0 Å². The van der Waals surface area contributed by atoms with Crippen LogP contribution in [0.5, 0.6) is 0 Å². The molecule has 0 amide bonds. The molecule has 0 spiro atoms. The van der Waals surface area contributed by atoms with Crippen LogP contribution in [0, 0.1) is 0 Å². The maximum atomic E-state index is 3.38. The van der Waals surface area contributed by atoms with E-state index in [-0.39, 0.29) is 0 Å². The van der Waals surface area contributed by atoms with Gasteiger partial charge in [0.2, 0.25) is 0 Å². The number of hydrogen-bond acceptors (Lipinski definition) is 1. The van der Waals surface area contributed by atoms with E-state index in [1.165, 1.54) is 16.8 Å². The van der Waals surface area contributed by atoms with Crippen LogP contribution in [-0.4, -0.2) is 6.54 Å². The van der Waals surface area contributed by atoms with Crippen molar-refractivity contribution >= 4 is 5.70 Å². The summed E-state index contributed by atoms with van der Waals surface area (Å²) in [5, 5.41) is 3.38. The second kappa shape index (κ2) is 6.07. The van der Waals surface area contributed by atoms with E-state index in [0.717, 1.165) is 6.54 Å². The SMILES string of the molecule is CC.CC1=CC=C(c2ccccc2)NC1. The highest BCUT2D eigenvalue weighted by Gasteiger charge is 2.02. The molecular weight excluding hydrogens is 182 g/mol. The predicted octanol–water partition coefficient (Wildman–Crippen LogP) is 3.60. The smallest absolute Gasteiger partial charge is 0.0416 e. The molecule has 1 N–H and O–H groups in total. The van der Waals surface area contributed by atoms with Crippen LogP contribution in [0.1, 0.15) is 26.3 Å². The molecule has 1 heteroatoms. The largest absolute Gasteiger partial charge is 0.381 e. The lowest BCUT2D eigenvalue weighted by atomic mass is 10.1. The van der Waals surface area contributed by atoms with Crippen molar-refractivity contribution in [2.45, 2.75) is 20.8 Å². The van der Waals surface area contributed by atoms with Crippen LogP contribution >= 0.6 is 0 Å². The van der Waals surface area contributed by atoms with Gasteiger partial charge in [-0.25, -0.2) is 0 Å². The van der Waals surface area contributed by atoms with Gasteiger partial charge in [-0.15, -0.1) is 0 Å². The van der Waals surface area contributed by atoms with E-state index in [0.29, 0.717) is 0 Å². The second-order valence-corrected chi connectivity index (χ2v) is 3.31. The van der Waals surface area contributed by atoms with Crippen LogP contribution in [0.25, 0.3) is 5.70 Å². The molecule has 1 nitrogen and oxygen atoms in total. The van der Waals surface area contributed by atoms with Gasteiger partial charge in [-0.1, -0.05) is 55.8 Å². The molecule has 0 unspecified atom stereocenters. The monoisotopic (exact) mass is 201 g/mol. The van der Waals surface area contributed by atoms with Crippen molar-refractivity contribution in [3.8, 4) is 0 Å². The molecule has 0 bridgehead atoms. The average Bonchev–Trinajstić information content (AvgIpc) is 2.34. The Morgan fingerprint density at radius 1 is 1.00 bits per heavy atom. The van der Waals surface area contributed by atoms with E-state index in [1.807, 2.05) is 19.9 Å². The summed E-state index contributed by atoms with van der Waals surface area (Å²) < 4.78 is 0. The van der Waals surface area contributed by atoms with Gasteiger partial charge in [0.05, 0.1) is 0 Å². The van der Waals surface area contributed by atoms with Gasteiger partial charge < -0.3 is 5.32 Å². The molecule has 1 aromatic rings. The first kappa shape index (κ1) is 11.6. The van der Waals surface area contributed by atoms with Crippen LogP contribution < -0.4 is 5.32 Å². The molecule has 80 valence electrons. The number of nitrogens with one attached hydrogen (secondary N) is 1. The van der Waals surface area contributed by atoms with Gasteiger partial charge in [0.1, 0.15) is 0 Å². The molecule has 0 saturated carbocycles. The Kier molecular flexibility index (Phi) is 4.69. The van der Waals surface area contributed by atoms with Crippen LogP contribution in [0.2, 0.25) is 0 Å². The van der Waals surface area contributed by atoms with Crippen LogP contribution in [0.15, 0.2) is 48.1 Å². The summed E-state index contributed by atoms with van der Waals surface area (Å²) in [7, 11) is 0. The molecule has 15 heavy (non-hydrogen) atoms. The number of rotatable bonds is 1. The highest BCUT2D eigenvalue weighted by atomic mass is 14.9. The second-order valence-electron chi connectivity index (χ2n) is 3.31. The Balaban J connectivity index is 0.000000531. The summed E-state index contributed by atoms with van der Waals surface area (Å²) in [5.41, 5.74) is 3.84. The molecule has 0 atom stereocenters. The first-order chi connectivity index (χ1) is 7.36. The van der Waals surface area contributed by atoms with Crippen molar-refractivity contribution in [3.05, 3.63) is 53.6 Å². The maximum Gasteiger partial charge on any atom is 0.0416 e. The lowest BCUT2D eigenvalue weighted by molar-refractivity contribution is 0.941. The number of benzene rings is 1. The molecule has 0 radical (unpaired) electrons. The Labute approximate surface area is 92.5 Å². The van der Waals surface area contributed by atoms with E-state index in [1.54, 1.807) is 0 Å². The fraction of sp³-hybridized carbons (Fsp3) is 0.286. The highest BCUT2D eigenvalue weighted by Crippen LogP contribution is 2.14. The topological polar surface area (TPSA) is 12.0 Å². The predicted molar refractivity (Wildman–Crippen MR) is 67.5 cm³/mol. The fourth-order valence-corrected chi connectivity index (χ4v) is 1.39. The number of hydrogen-bond donors (Lipinski definition) is 1. The van der Waals surface area contributed by atoms with E-state index >= 15 is 0 Å². The average molecular weight is 201 g/mol. The summed E-state index contributed by atoms with van der Waals surface area (Å²) in [6.45, 7) is 7.09. The minimum Gasteiger partial charge on any atom is -0.381 e. The van der Waals surface area contributed by atoms with Gasteiger partial charge in [-0.05, 0) is 18.6 Å². The van der Waals surface area contributed by atoms with Crippen LogP contribution in [-0.2, 0) is 0 Å². The minimum atomic E-state index is 0.959. The number of allylic oxidation sites excluding steroid dienone is 2. The van der Waals surface area contributed by atoms with Gasteiger partial charge in [0.15, 0.2) is 0 Å². The van der Waals surface area contributed by atoms with Crippen molar-refractivity contribution in [1.82, 2.24) is 5.32 Å². The Morgan fingerprint density at radius 2 is 1.67 bits per heavy atom. The van der Waals surface area contributed by atoms with E-state index in [2.05, 4.69) is 48.7 Å². The zero-order chi connectivity index (χ0) is 11.1. The highest BCUT2D eigenvalue weighted by molar-refractivity contribution is 5.66. The Morgan fingerprint density at radius 3 is 2.20 bits per heavy atom. The number of dihydropyridines is 1. The summed E-state index contributed by atoms with van der Waals surface area (Å²) in [4.78, 5) is 0. The van der Waals surface area contributed by atoms with Crippen LogP contribution in [0.4, 0.5) is 0 Å². The molecular formula is C14H19N. The zero-order valence-corrected chi connectivity index (χ0v) is 9.75.